The molecule has 0 bridgehead atoms. The predicted octanol–water partition coefficient (Wildman–Crippen LogP) is 2.55. The molecule has 1 spiro atoms. The van der Waals surface area contributed by atoms with Crippen LogP contribution in [-0.2, 0) is 17.9 Å². The number of halogens is 2. The van der Waals surface area contributed by atoms with E-state index in [0.717, 1.165) is 48.7 Å². The maximum atomic E-state index is 14.1. The summed E-state index contributed by atoms with van der Waals surface area (Å²) < 4.78 is 16.3. The van der Waals surface area contributed by atoms with Crippen molar-refractivity contribution < 1.29 is 9.18 Å². The molecule has 3 aliphatic heterocycles. The van der Waals surface area contributed by atoms with E-state index in [1.165, 1.54) is 18.4 Å². The molecule has 5 aliphatic rings. The minimum Gasteiger partial charge on any atom is -0.339 e. The molecule has 7 rings (SSSR count). The molecular formula is C22H24ClFN6O. The molecule has 162 valence electrons. The van der Waals surface area contributed by atoms with Crippen molar-refractivity contribution >= 4 is 23.5 Å². The van der Waals surface area contributed by atoms with Crippen LogP contribution in [0.5, 0.6) is 0 Å². The maximum absolute atomic E-state index is 14.1. The molecule has 1 amide bonds. The van der Waals surface area contributed by atoms with Crippen LogP contribution in [0.2, 0.25) is 5.02 Å². The number of carbonyl (C=O) groups excluding carboxylic acids is 1. The molecule has 2 aliphatic carbocycles. The summed E-state index contributed by atoms with van der Waals surface area (Å²) in [4.78, 5) is 18.6. The fourth-order valence-electron chi connectivity index (χ4n) is 5.53. The topological polar surface area (TPSA) is 57.5 Å². The van der Waals surface area contributed by atoms with Crippen molar-refractivity contribution in [1.82, 2.24) is 24.6 Å². The van der Waals surface area contributed by atoms with E-state index in [0.29, 0.717) is 32.0 Å². The summed E-state index contributed by atoms with van der Waals surface area (Å²) in [5, 5.41) is 9.87. The summed E-state index contributed by atoms with van der Waals surface area (Å²) in [5.74, 6) is 1.51. The number of hydrogen-bond donors (Lipinski definition) is 0. The van der Waals surface area contributed by atoms with Crippen LogP contribution in [0.15, 0.2) is 18.2 Å². The Morgan fingerprint density at radius 2 is 1.87 bits per heavy atom. The Morgan fingerprint density at radius 3 is 2.58 bits per heavy atom. The monoisotopic (exact) mass is 442 g/mol. The summed E-state index contributed by atoms with van der Waals surface area (Å²) in [7, 11) is 0. The molecule has 31 heavy (non-hydrogen) atoms. The van der Waals surface area contributed by atoms with Crippen molar-refractivity contribution in [3.8, 4) is 5.69 Å². The van der Waals surface area contributed by atoms with Gasteiger partial charge in [-0.25, -0.2) is 4.39 Å². The highest BCUT2D eigenvalue weighted by Gasteiger charge is 2.60. The molecule has 0 atom stereocenters. The fourth-order valence-corrected chi connectivity index (χ4v) is 5.73. The first-order chi connectivity index (χ1) is 14.9. The standard InChI is InChI=1S/C22H24ClFN6O/c23-15-1-4-17-14(7-15)8-27(16-2-3-16)9-18-25-26-20(30(17)18)29-12-21(13-29)10-28(11-21)19(31)22(24)5-6-22/h1,4,7,16H,2-3,5-6,8-13H2. The van der Waals surface area contributed by atoms with E-state index >= 15 is 0 Å². The maximum Gasteiger partial charge on any atom is 0.260 e. The molecule has 2 aromatic rings. The molecule has 0 N–H and O–H groups in total. The van der Waals surface area contributed by atoms with Gasteiger partial charge in [0.15, 0.2) is 11.5 Å². The highest BCUT2D eigenvalue weighted by atomic mass is 35.5. The number of nitrogens with zero attached hydrogens (tertiary/aromatic N) is 6. The van der Waals surface area contributed by atoms with Crippen LogP contribution in [0.4, 0.5) is 10.3 Å². The van der Waals surface area contributed by atoms with Crippen LogP contribution in [-0.4, -0.2) is 68.4 Å². The lowest BCUT2D eigenvalue weighted by Gasteiger charge is -2.60. The van der Waals surface area contributed by atoms with Gasteiger partial charge in [-0.3, -0.25) is 14.3 Å². The minimum absolute atomic E-state index is 0.0703. The molecule has 9 heteroatoms. The molecule has 0 unspecified atom stereocenters. The van der Waals surface area contributed by atoms with E-state index in [-0.39, 0.29) is 11.3 Å². The summed E-state index contributed by atoms with van der Waals surface area (Å²) in [6, 6.07) is 6.68. The van der Waals surface area contributed by atoms with Crippen LogP contribution in [0, 0.1) is 5.41 Å². The van der Waals surface area contributed by atoms with Gasteiger partial charge in [-0.05, 0) is 49.4 Å². The Bertz CT molecular complexity index is 1100. The Kier molecular flexibility index (Phi) is 3.55. The SMILES string of the molecule is O=C(N1CC2(C1)CN(c1nnc3n1-c1ccc(Cl)cc1CN(C1CC1)C3)C2)C1(F)CC1. The van der Waals surface area contributed by atoms with Gasteiger partial charge in [0.2, 0.25) is 5.95 Å². The van der Waals surface area contributed by atoms with Gasteiger partial charge in [0.1, 0.15) is 0 Å². The third-order valence-electron chi connectivity index (χ3n) is 7.52. The number of anilines is 1. The van der Waals surface area contributed by atoms with Gasteiger partial charge in [0, 0.05) is 49.2 Å². The molecule has 1 aromatic heterocycles. The number of rotatable bonds is 3. The largest absolute Gasteiger partial charge is 0.339 e. The Hall–Kier alpha value is -2.19. The van der Waals surface area contributed by atoms with Gasteiger partial charge in [-0.1, -0.05) is 11.6 Å². The van der Waals surface area contributed by atoms with Gasteiger partial charge in [-0.2, -0.15) is 0 Å². The number of likely N-dealkylation sites (tertiary alicyclic amines) is 1. The number of aromatic nitrogens is 3. The zero-order chi connectivity index (χ0) is 21.0. The van der Waals surface area contributed by atoms with Crippen molar-refractivity contribution in [2.75, 3.05) is 31.1 Å². The van der Waals surface area contributed by atoms with E-state index < -0.39 is 5.67 Å². The molecular weight excluding hydrogens is 419 g/mol. The number of benzene rings is 1. The lowest BCUT2D eigenvalue weighted by molar-refractivity contribution is -0.152. The zero-order valence-electron chi connectivity index (χ0n) is 17.2. The zero-order valence-corrected chi connectivity index (χ0v) is 18.0. The van der Waals surface area contributed by atoms with Gasteiger partial charge < -0.3 is 9.80 Å². The number of carbonyl (C=O) groups is 1. The second-order valence-corrected chi connectivity index (χ2v) is 10.6. The van der Waals surface area contributed by atoms with E-state index in [2.05, 4.69) is 36.7 Å². The second-order valence-electron chi connectivity index (χ2n) is 10.1. The van der Waals surface area contributed by atoms with E-state index in [1.54, 1.807) is 4.90 Å². The van der Waals surface area contributed by atoms with Crippen LogP contribution in [0.1, 0.15) is 37.1 Å². The Labute approximate surface area is 184 Å². The van der Waals surface area contributed by atoms with E-state index in [9.17, 15) is 9.18 Å². The van der Waals surface area contributed by atoms with E-state index in [4.69, 9.17) is 11.6 Å². The van der Waals surface area contributed by atoms with Crippen molar-refractivity contribution in [2.24, 2.45) is 5.41 Å². The first-order valence-corrected chi connectivity index (χ1v) is 11.5. The average molecular weight is 443 g/mol. The lowest BCUT2D eigenvalue weighted by Crippen LogP contribution is -2.74. The van der Waals surface area contributed by atoms with Crippen LogP contribution < -0.4 is 4.90 Å². The van der Waals surface area contributed by atoms with Gasteiger partial charge in [-0.15, -0.1) is 10.2 Å². The fraction of sp³-hybridized carbons (Fsp3) is 0.591. The summed E-state index contributed by atoms with van der Waals surface area (Å²) in [5.41, 5.74) is 0.809. The number of alkyl halides is 1. The third-order valence-corrected chi connectivity index (χ3v) is 7.76. The van der Waals surface area contributed by atoms with Crippen molar-refractivity contribution in [3.05, 3.63) is 34.6 Å². The normalized spacial score (nSPS) is 25.4. The third kappa shape index (κ3) is 2.77. The number of amides is 1. The Morgan fingerprint density at radius 1 is 1.10 bits per heavy atom. The number of fused-ring (bicyclic) bond motifs is 3. The summed E-state index contributed by atoms with van der Waals surface area (Å²) in [6.07, 6.45) is 3.24. The van der Waals surface area contributed by atoms with Crippen molar-refractivity contribution in [2.45, 2.75) is 50.5 Å². The summed E-state index contributed by atoms with van der Waals surface area (Å²) in [6.45, 7) is 4.60. The van der Waals surface area contributed by atoms with Crippen molar-refractivity contribution in [3.63, 3.8) is 0 Å². The molecule has 4 heterocycles. The highest BCUT2D eigenvalue weighted by Crippen LogP contribution is 2.48. The number of hydrogen-bond acceptors (Lipinski definition) is 5. The first kappa shape index (κ1) is 18.4. The lowest BCUT2D eigenvalue weighted by atomic mass is 9.72. The molecule has 1 aromatic carbocycles. The molecule has 0 radical (unpaired) electrons. The van der Waals surface area contributed by atoms with Crippen LogP contribution >= 0.6 is 11.6 Å². The predicted molar refractivity (Wildman–Crippen MR) is 113 cm³/mol. The minimum atomic E-state index is -1.56. The molecule has 2 saturated heterocycles. The van der Waals surface area contributed by atoms with Gasteiger partial charge >= 0.3 is 0 Å². The van der Waals surface area contributed by atoms with Crippen LogP contribution in [0.3, 0.4) is 0 Å². The smallest absolute Gasteiger partial charge is 0.260 e. The average Bonchev–Trinajstić information content (AvgIpc) is 3.59. The molecule has 4 fully saturated rings. The second kappa shape index (κ2) is 5.98. The van der Waals surface area contributed by atoms with Crippen LogP contribution in [0.25, 0.3) is 5.69 Å². The first-order valence-electron chi connectivity index (χ1n) is 11.1. The molecule has 7 nitrogen and oxygen atoms in total. The molecule has 2 saturated carbocycles. The summed E-state index contributed by atoms with van der Waals surface area (Å²) >= 11 is 6.33. The van der Waals surface area contributed by atoms with Gasteiger partial charge in [0.25, 0.3) is 5.91 Å². The van der Waals surface area contributed by atoms with Gasteiger partial charge in [0.05, 0.1) is 12.2 Å². The quantitative estimate of drug-likeness (QED) is 0.731. The van der Waals surface area contributed by atoms with E-state index in [1.807, 2.05) is 6.07 Å². The van der Waals surface area contributed by atoms with Crippen molar-refractivity contribution in [1.29, 1.82) is 0 Å². The Balaban J connectivity index is 1.14. The highest BCUT2D eigenvalue weighted by molar-refractivity contribution is 6.30.